The molecule has 8 heteroatoms. The van der Waals surface area contributed by atoms with E-state index in [1.54, 1.807) is 11.9 Å². The zero-order valence-electron chi connectivity index (χ0n) is 19.0. The molecule has 1 aliphatic heterocycles. The summed E-state index contributed by atoms with van der Waals surface area (Å²) in [7, 11) is 1.73. The number of carbonyl (C=O) groups is 4. The lowest BCUT2D eigenvalue weighted by Gasteiger charge is -2.28. The highest BCUT2D eigenvalue weighted by Gasteiger charge is 2.32. The van der Waals surface area contributed by atoms with E-state index in [2.05, 4.69) is 0 Å². The van der Waals surface area contributed by atoms with Crippen molar-refractivity contribution in [2.75, 3.05) is 7.05 Å². The number of hydroxylamine groups is 2. The smallest absolute Gasteiger partial charge is 0.410 e. The van der Waals surface area contributed by atoms with Gasteiger partial charge in [-0.15, -0.1) is 5.06 Å². The monoisotopic (exact) mass is 432 g/mol. The van der Waals surface area contributed by atoms with Gasteiger partial charge in [0.1, 0.15) is 5.60 Å². The molecule has 170 valence electrons. The Morgan fingerprint density at radius 3 is 2.16 bits per heavy atom. The first-order valence-corrected chi connectivity index (χ1v) is 10.6. The molecule has 1 aromatic rings. The van der Waals surface area contributed by atoms with Gasteiger partial charge < -0.3 is 14.5 Å². The highest BCUT2D eigenvalue weighted by atomic mass is 16.7. The number of amides is 3. The molecule has 1 aromatic carbocycles. The molecule has 0 radical (unpaired) electrons. The Kier molecular flexibility index (Phi) is 8.19. The zero-order chi connectivity index (χ0) is 23.2. The summed E-state index contributed by atoms with van der Waals surface area (Å²) in [5.41, 5.74) is 1.63. The number of likely N-dealkylation sites (N-methyl/N-ethyl adjacent to an activating group) is 1. The molecule has 1 atom stereocenters. The topological polar surface area (TPSA) is 93.2 Å². The predicted molar refractivity (Wildman–Crippen MR) is 114 cm³/mol. The number of ether oxygens (including phenoxy) is 1. The highest BCUT2D eigenvalue weighted by molar-refractivity contribution is 6.01. The van der Waals surface area contributed by atoms with Crippen molar-refractivity contribution in [3.8, 4) is 0 Å². The van der Waals surface area contributed by atoms with E-state index in [1.807, 2.05) is 52.0 Å². The number of nitrogens with zero attached hydrogens (tertiary/aromatic N) is 2. The Bertz CT molecular complexity index is 796. The van der Waals surface area contributed by atoms with E-state index in [1.165, 1.54) is 0 Å². The second kappa shape index (κ2) is 10.4. The fraction of sp³-hybridized carbons (Fsp3) is 0.565. The maximum Gasteiger partial charge on any atom is 0.410 e. The van der Waals surface area contributed by atoms with Crippen molar-refractivity contribution in [2.24, 2.45) is 0 Å². The molecule has 1 saturated heterocycles. The van der Waals surface area contributed by atoms with Crippen LogP contribution in [0.1, 0.15) is 64.5 Å². The standard InChI is InChI=1S/C23H32N2O6/c1-16(24(5)22(29)30-23(2,3)4)15-18-11-9-17(10-12-18)7-6-8-21(28)31-25-19(26)13-14-20(25)27/h9-12,16H,6-8,13-15H2,1-5H3. The molecular formula is C23H32N2O6. The molecule has 0 N–H and O–H groups in total. The van der Waals surface area contributed by atoms with Crippen molar-refractivity contribution >= 4 is 23.9 Å². The summed E-state index contributed by atoms with van der Waals surface area (Å²) in [6.07, 6.45) is 1.86. The number of imide groups is 1. The molecule has 2 rings (SSSR count). The second-order valence-electron chi connectivity index (χ2n) is 8.86. The van der Waals surface area contributed by atoms with Crippen LogP contribution < -0.4 is 0 Å². The van der Waals surface area contributed by atoms with E-state index in [0.29, 0.717) is 24.3 Å². The summed E-state index contributed by atoms with van der Waals surface area (Å²) in [5.74, 6) is -1.53. The van der Waals surface area contributed by atoms with Gasteiger partial charge in [0.25, 0.3) is 11.8 Å². The summed E-state index contributed by atoms with van der Waals surface area (Å²) in [4.78, 5) is 53.4. The normalized spacial score (nSPS) is 15.1. The van der Waals surface area contributed by atoms with Gasteiger partial charge in [0.15, 0.2) is 0 Å². The Morgan fingerprint density at radius 2 is 1.61 bits per heavy atom. The maximum absolute atomic E-state index is 12.2. The van der Waals surface area contributed by atoms with Crippen molar-refractivity contribution in [3.05, 3.63) is 35.4 Å². The Labute approximate surface area is 183 Å². The van der Waals surface area contributed by atoms with Gasteiger partial charge in [-0.3, -0.25) is 9.59 Å². The Balaban J connectivity index is 1.76. The van der Waals surface area contributed by atoms with Crippen LogP contribution in [0.25, 0.3) is 0 Å². The van der Waals surface area contributed by atoms with Crippen LogP contribution in [0.15, 0.2) is 24.3 Å². The third-order valence-corrected chi connectivity index (χ3v) is 4.94. The zero-order valence-corrected chi connectivity index (χ0v) is 19.0. The minimum Gasteiger partial charge on any atom is -0.444 e. The third kappa shape index (κ3) is 7.70. The quantitative estimate of drug-likeness (QED) is 0.585. The van der Waals surface area contributed by atoms with Gasteiger partial charge in [0.2, 0.25) is 0 Å². The van der Waals surface area contributed by atoms with Gasteiger partial charge in [-0.25, -0.2) is 9.59 Å². The Hall–Kier alpha value is -2.90. The van der Waals surface area contributed by atoms with E-state index >= 15 is 0 Å². The first-order chi connectivity index (χ1) is 14.5. The van der Waals surface area contributed by atoms with Crippen LogP contribution in [0, 0.1) is 0 Å². The van der Waals surface area contributed by atoms with Gasteiger partial charge in [-0.1, -0.05) is 24.3 Å². The summed E-state index contributed by atoms with van der Waals surface area (Å²) < 4.78 is 5.40. The molecule has 3 amide bonds. The third-order valence-electron chi connectivity index (χ3n) is 4.94. The number of benzene rings is 1. The summed E-state index contributed by atoms with van der Waals surface area (Å²) >= 11 is 0. The van der Waals surface area contributed by atoms with Gasteiger partial charge in [0, 0.05) is 32.4 Å². The van der Waals surface area contributed by atoms with Crippen LogP contribution in [-0.2, 0) is 36.8 Å². The lowest BCUT2D eigenvalue weighted by molar-refractivity contribution is -0.197. The molecule has 0 aliphatic carbocycles. The van der Waals surface area contributed by atoms with Crippen LogP contribution in [0.5, 0.6) is 0 Å². The molecule has 1 aliphatic rings. The molecule has 31 heavy (non-hydrogen) atoms. The summed E-state index contributed by atoms with van der Waals surface area (Å²) in [5, 5.41) is 0.576. The number of hydrogen-bond acceptors (Lipinski definition) is 6. The van der Waals surface area contributed by atoms with Gasteiger partial charge in [-0.05, 0) is 58.1 Å². The Morgan fingerprint density at radius 1 is 1.06 bits per heavy atom. The van der Waals surface area contributed by atoms with Crippen molar-refractivity contribution in [1.29, 1.82) is 0 Å². The molecular weight excluding hydrogens is 400 g/mol. The van der Waals surface area contributed by atoms with Crippen molar-refractivity contribution in [1.82, 2.24) is 9.96 Å². The van der Waals surface area contributed by atoms with Crippen molar-refractivity contribution < 1.29 is 28.8 Å². The minimum atomic E-state index is -0.584. The van der Waals surface area contributed by atoms with Crippen molar-refractivity contribution in [3.63, 3.8) is 0 Å². The van der Waals surface area contributed by atoms with Crippen LogP contribution in [0.2, 0.25) is 0 Å². The average Bonchev–Trinajstić information content (AvgIpc) is 2.99. The molecule has 1 heterocycles. The average molecular weight is 433 g/mol. The van der Waals surface area contributed by atoms with Crippen molar-refractivity contribution in [2.45, 2.75) is 77.9 Å². The van der Waals surface area contributed by atoms with E-state index < -0.39 is 23.4 Å². The number of carbonyl (C=O) groups excluding carboxylic acids is 4. The maximum atomic E-state index is 12.2. The molecule has 0 spiro atoms. The minimum absolute atomic E-state index is 0.0218. The molecule has 0 bridgehead atoms. The number of hydrogen-bond donors (Lipinski definition) is 0. The van der Waals surface area contributed by atoms with Crippen LogP contribution in [0.4, 0.5) is 4.79 Å². The highest BCUT2D eigenvalue weighted by Crippen LogP contribution is 2.16. The van der Waals surface area contributed by atoms with Crippen LogP contribution in [0.3, 0.4) is 0 Å². The van der Waals surface area contributed by atoms with Crippen LogP contribution in [-0.4, -0.2) is 52.5 Å². The fourth-order valence-electron chi connectivity index (χ4n) is 3.08. The van der Waals surface area contributed by atoms with E-state index in [9.17, 15) is 19.2 Å². The van der Waals surface area contributed by atoms with E-state index in [4.69, 9.17) is 9.57 Å². The number of aryl methyl sites for hydroxylation is 1. The molecule has 1 fully saturated rings. The van der Waals surface area contributed by atoms with E-state index in [-0.39, 0.29) is 31.4 Å². The largest absolute Gasteiger partial charge is 0.444 e. The second-order valence-corrected chi connectivity index (χ2v) is 8.86. The van der Waals surface area contributed by atoms with Gasteiger partial charge in [0.05, 0.1) is 0 Å². The fourth-order valence-corrected chi connectivity index (χ4v) is 3.08. The first kappa shape index (κ1) is 24.4. The number of rotatable bonds is 8. The predicted octanol–water partition coefficient (Wildman–Crippen LogP) is 3.41. The lowest BCUT2D eigenvalue weighted by Crippen LogP contribution is -2.40. The SMILES string of the molecule is CC(Cc1ccc(CCCC(=O)ON2C(=O)CCC2=O)cc1)N(C)C(=O)OC(C)(C)C. The van der Waals surface area contributed by atoms with E-state index in [0.717, 1.165) is 11.1 Å². The summed E-state index contributed by atoms with van der Waals surface area (Å²) in [6.45, 7) is 7.49. The van der Waals surface area contributed by atoms with Gasteiger partial charge in [-0.2, -0.15) is 0 Å². The first-order valence-electron chi connectivity index (χ1n) is 10.6. The molecule has 0 aromatic heterocycles. The lowest BCUT2D eigenvalue weighted by atomic mass is 10.0. The molecule has 1 unspecified atom stereocenters. The molecule has 0 saturated carbocycles. The van der Waals surface area contributed by atoms with Gasteiger partial charge >= 0.3 is 12.1 Å². The summed E-state index contributed by atoms with van der Waals surface area (Å²) in [6, 6.07) is 7.98. The van der Waals surface area contributed by atoms with Crippen LogP contribution >= 0.6 is 0 Å². The molecule has 8 nitrogen and oxygen atoms in total.